The van der Waals surface area contributed by atoms with E-state index in [1.54, 1.807) is 24.5 Å². The molecule has 1 fully saturated rings. The molecule has 0 bridgehead atoms. The lowest BCUT2D eigenvalue weighted by molar-refractivity contribution is -0.116. The highest BCUT2D eigenvalue weighted by Gasteiger charge is 2.21. The van der Waals surface area contributed by atoms with Gasteiger partial charge in [-0.05, 0) is 48.6 Å². The van der Waals surface area contributed by atoms with Crippen LogP contribution in [0.5, 0.6) is 11.5 Å². The van der Waals surface area contributed by atoms with E-state index in [1.807, 2.05) is 24.3 Å². The monoisotopic (exact) mass is 366 g/mol. The molecular formula is C20H22N4O3. The molecule has 0 saturated carbocycles. The van der Waals surface area contributed by atoms with Crippen LogP contribution >= 0.6 is 0 Å². The Morgan fingerprint density at radius 2 is 1.96 bits per heavy atom. The van der Waals surface area contributed by atoms with Crippen LogP contribution in [0.2, 0.25) is 0 Å². The van der Waals surface area contributed by atoms with E-state index in [0.29, 0.717) is 18.2 Å². The van der Waals surface area contributed by atoms with E-state index >= 15 is 0 Å². The number of fused-ring (bicyclic) bond motifs is 1. The molecule has 3 heterocycles. The Morgan fingerprint density at radius 1 is 1.19 bits per heavy atom. The summed E-state index contributed by atoms with van der Waals surface area (Å²) in [7, 11) is 0. The lowest BCUT2D eigenvalue weighted by Gasteiger charge is -2.31. The number of hydrogen-bond donors (Lipinski definition) is 1. The number of piperidine rings is 1. The van der Waals surface area contributed by atoms with Crippen LogP contribution in [-0.4, -0.2) is 42.3 Å². The molecule has 1 saturated heterocycles. The van der Waals surface area contributed by atoms with Crippen molar-refractivity contribution in [1.82, 2.24) is 15.3 Å². The number of nitrogens with one attached hydrogen (secondary N) is 1. The molecule has 1 aromatic carbocycles. The van der Waals surface area contributed by atoms with Crippen molar-refractivity contribution in [2.75, 3.05) is 31.3 Å². The van der Waals surface area contributed by atoms with Crippen molar-refractivity contribution in [2.24, 2.45) is 5.92 Å². The first kappa shape index (κ1) is 17.3. The Morgan fingerprint density at radius 3 is 2.78 bits per heavy atom. The molecule has 4 rings (SSSR count). The topological polar surface area (TPSA) is 76.6 Å². The third kappa shape index (κ3) is 4.36. The largest absolute Gasteiger partial charge is 0.454 e. The van der Waals surface area contributed by atoms with E-state index in [2.05, 4.69) is 20.2 Å². The predicted molar refractivity (Wildman–Crippen MR) is 102 cm³/mol. The van der Waals surface area contributed by atoms with Crippen LogP contribution in [0.4, 0.5) is 5.95 Å². The van der Waals surface area contributed by atoms with Crippen LogP contribution in [0.15, 0.2) is 42.7 Å². The normalized spacial score (nSPS) is 16.7. The Balaban J connectivity index is 1.22. The number of ether oxygens (including phenoxy) is 2. The fraction of sp³-hybridized carbons (Fsp3) is 0.350. The summed E-state index contributed by atoms with van der Waals surface area (Å²) in [5.74, 6) is 2.64. The van der Waals surface area contributed by atoms with Crippen molar-refractivity contribution in [3.05, 3.63) is 48.3 Å². The average molecular weight is 366 g/mol. The minimum Gasteiger partial charge on any atom is -0.454 e. The fourth-order valence-electron chi connectivity index (χ4n) is 3.28. The highest BCUT2D eigenvalue weighted by Crippen LogP contribution is 2.32. The molecule has 2 aromatic rings. The number of carbonyl (C=O) groups excluding carboxylic acids is 1. The van der Waals surface area contributed by atoms with Gasteiger partial charge < -0.3 is 19.7 Å². The second-order valence-corrected chi connectivity index (χ2v) is 6.67. The molecule has 1 amide bonds. The average Bonchev–Trinajstić information content (AvgIpc) is 3.19. The van der Waals surface area contributed by atoms with Crippen molar-refractivity contribution in [1.29, 1.82) is 0 Å². The van der Waals surface area contributed by atoms with Crippen LogP contribution in [0, 0.1) is 5.92 Å². The van der Waals surface area contributed by atoms with E-state index in [1.165, 1.54) is 0 Å². The summed E-state index contributed by atoms with van der Waals surface area (Å²) < 4.78 is 10.6. The summed E-state index contributed by atoms with van der Waals surface area (Å²) >= 11 is 0. The first-order valence-electron chi connectivity index (χ1n) is 9.15. The van der Waals surface area contributed by atoms with Crippen LogP contribution in [0.25, 0.3) is 6.08 Å². The number of nitrogens with zero attached hydrogens (tertiary/aromatic N) is 3. The van der Waals surface area contributed by atoms with Gasteiger partial charge in [-0.2, -0.15) is 0 Å². The third-order valence-electron chi connectivity index (χ3n) is 4.84. The molecule has 2 aliphatic heterocycles. The van der Waals surface area contributed by atoms with Crippen molar-refractivity contribution < 1.29 is 14.3 Å². The number of amides is 1. The predicted octanol–water partition coefficient (Wildman–Crippen LogP) is 2.25. The van der Waals surface area contributed by atoms with Crippen molar-refractivity contribution in [2.45, 2.75) is 12.8 Å². The summed E-state index contributed by atoms with van der Waals surface area (Å²) in [6.07, 6.45) is 8.91. The molecule has 0 aliphatic carbocycles. The summed E-state index contributed by atoms with van der Waals surface area (Å²) in [6.45, 7) is 2.77. The Labute approximate surface area is 158 Å². The van der Waals surface area contributed by atoms with Crippen LogP contribution in [0.1, 0.15) is 18.4 Å². The fourth-order valence-corrected chi connectivity index (χ4v) is 3.28. The van der Waals surface area contributed by atoms with E-state index in [0.717, 1.165) is 43.2 Å². The minimum atomic E-state index is -0.0820. The first-order valence-corrected chi connectivity index (χ1v) is 9.15. The molecule has 0 atom stereocenters. The quantitative estimate of drug-likeness (QED) is 0.818. The number of hydrogen-bond acceptors (Lipinski definition) is 6. The van der Waals surface area contributed by atoms with Gasteiger partial charge in [-0.15, -0.1) is 0 Å². The minimum absolute atomic E-state index is 0.0820. The molecule has 27 heavy (non-hydrogen) atoms. The van der Waals surface area contributed by atoms with E-state index in [4.69, 9.17) is 9.47 Å². The number of anilines is 1. The lowest BCUT2D eigenvalue weighted by Crippen LogP contribution is -2.39. The van der Waals surface area contributed by atoms with Gasteiger partial charge in [-0.3, -0.25) is 4.79 Å². The van der Waals surface area contributed by atoms with Gasteiger partial charge in [0.15, 0.2) is 11.5 Å². The summed E-state index contributed by atoms with van der Waals surface area (Å²) in [6, 6.07) is 7.44. The van der Waals surface area contributed by atoms with Gasteiger partial charge in [0.2, 0.25) is 18.6 Å². The van der Waals surface area contributed by atoms with Gasteiger partial charge in [0.05, 0.1) is 0 Å². The zero-order valence-corrected chi connectivity index (χ0v) is 15.0. The van der Waals surface area contributed by atoms with E-state index < -0.39 is 0 Å². The number of benzene rings is 1. The summed E-state index contributed by atoms with van der Waals surface area (Å²) in [5.41, 5.74) is 0.908. The number of carbonyl (C=O) groups is 1. The molecule has 140 valence electrons. The molecule has 7 nitrogen and oxygen atoms in total. The summed E-state index contributed by atoms with van der Waals surface area (Å²) in [5, 5.41) is 3.00. The molecule has 2 aliphatic rings. The standard InChI is InChI=1S/C20H22N4O3/c25-19(5-3-15-2-4-17-18(12-15)27-14-26-17)23-13-16-6-10-24(11-7-16)20-21-8-1-9-22-20/h1-5,8-9,12,16H,6-7,10-11,13-14H2,(H,23,25)/b5-3+. The first-order chi connectivity index (χ1) is 13.3. The molecule has 7 heteroatoms. The van der Waals surface area contributed by atoms with Gasteiger partial charge in [-0.25, -0.2) is 9.97 Å². The maximum Gasteiger partial charge on any atom is 0.244 e. The highest BCUT2D eigenvalue weighted by atomic mass is 16.7. The maximum atomic E-state index is 12.1. The Bertz CT molecular complexity index is 817. The van der Waals surface area contributed by atoms with Crippen LogP contribution in [0.3, 0.4) is 0 Å². The molecular weight excluding hydrogens is 344 g/mol. The van der Waals surface area contributed by atoms with Crippen molar-refractivity contribution in [3.8, 4) is 11.5 Å². The Hall–Kier alpha value is -3.09. The molecule has 1 N–H and O–H groups in total. The third-order valence-corrected chi connectivity index (χ3v) is 4.84. The van der Waals surface area contributed by atoms with Gasteiger partial charge in [-0.1, -0.05) is 6.07 Å². The highest BCUT2D eigenvalue weighted by molar-refractivity contribution is 5.91. The van der Waals surface area contributed by atoms with Gasteiger partial charge in [0.1, 0.15) is 0 Å². The molecule has 1 aromatic heterocycles. The van der Waals surface area contributed by atoms with Crippen LogP contribution < -0.4 is 19.7 Å². The number of rotatable bonds is 5. The SMILES string of the molecule is O=C(/C=C/c1ccc2c(c1)OCO2)NCC1CCN(c2ncccn2)CC1. The van der Waals surface area contributed by atoms with Gasteiger partial charge >= 0.3 is 0 Å². The number of aromatic nitrogens is 2. The molecule has 0 spiro atoms. The maximum absolute atomic E-state index is 12.1. The van der Waals surface area contributed by atoms with E-state index in [9.17, 15) is 4.79 Å². The van der Waals surface area contributed by atoms with Crippen LogP contribution in [-0.2, 0) is 4.79 Å². The van der Waals surface area contributed by atoms with Crippen molar-refractivity contribution >= 4 is 17.9 Å². The van der Waals surface area contributed by atoms with Gasteiger partial charge in [0, 0.05) is 38.1 Å². The lowest BCUT2D eigenvalue weighted by atomic mass is 9.97. The molecule has 0 radical (unpaired) electrons. The second kappa shape index (κ2) is 8.07. The second-order valence-electron chi connectivity index (χ2n) is 6.67. The zero-order valence-electron chi connectivity index (χ0n) is 15.0. The molecule has 0 unspecified atom stereocenters. The summed E-state index contributed by atoms with van der Waals surface area (Å²) in [4.78, 5) is 22.9. The van der Waals surface area contributed by atoms with Crippen molar-refractivity contribution in [3.63, 3.8) is 0 Å². The van der Waals surface area contributed by atoms with E-state index in [-0.39, 0.29) is 12.7 Å². The smallest absolute Gasteiger partial charge is 0.244 e. The zero-order chi connectivity index (χ0) is 18.5. The Kier molecular flexibility index (Phi) is 5.18. The van der Waals surface area contributed by atoms with Gasteiger partial charge in [0.25, 0.3) is 0 Å².